The van der Waals surface area contributed by atoms with Crippen molar-refractivity contribution in [1.29, 1.82) is 0 Å². The van der Waals surface area contributed by atoms with Crippen LogP contribution in [-0.2, 0) is 6.54 Å². The molecule has 0 saturated carbocycles. The van der Waals surface area contributed by atoms with Crippen LogP contribution in [0.2, 0.25) is 0 Å². The van der Waals surface area contributed by atoms with E-state index >= 15 is 0 Å². The van der Waals surface area contributed by atoms with E-state index in [9.17, 15) is 4.39 Å². The maximum absolute atomic E-state index is 13.7. The highest BCUT2D eigenvalue weighted by Crippen LogP contribution is 2.20. The van der Waals surface area contributed by atoms with Gasteiger partial charge in [-0.15, -0.1) is 0 Å². The van der Waals surface area contributed by atoms with Crippen molar-refractivity contribution in [3.05, 3.63) is 59.7 Å². The summed E-state index contributed by atoms with van der Waals surface area (Å²) in [4.78, 5) is 0. The zero-order valence-corrected chi connectivity index (χ0v) is 10.4. The smallest absolute Gasteiger partial charge is 0.131 e. The summed E-state index contributed by atoms with van der Waals surface area (Å²) in [5.41, 5.74) is 2.95. The summed E-state index contributed by atoms with van der Waals surface area (Å²) < 4.78 is 20.3. The lowest BCUT2D eigenvalue weighted by Gasteiger charge is -2.06. The Kier molecular flexibility index (Phi) is 2.87. The molecule has 0 spiro atoms. The van der Waals surface area contributed by atoms with E-state index in [1.807, 2.05) is 19.1 Å². The van der Waals surface area contributed by atoms with Crippen LogP contribution in [0.15, 0.2) is 47.2 Å². The molecule has 2 heterocycles. The van der Waals surface area contributed by atoms with Crippen molar-refractivity contribution in [2.75, 3.05) is 0 Å². The van der Waals surface area contributed by atoms with Gasteiger partial charge in [0.25, 0.3) is 0 Å². The van der Waals surface area contributed by atoms with E-state index in [4.69, 9.17) is 4.52 Å². The fourth-order valence-electron chi connectivity index (χ4n) is 2.00. The van der Waals surface area contributed by atoms with Gasteiger partial charge in [-0.05, 0) is 19.1 Å². The molecule has 0 N–H and O–H groups in total. The molecule has 5 heteroatoms. The van der Waals surface area contributed by atoms with Crippen molar-refractivity contribution in [3.63, 3.8) is 0 Å². The molecule has 3 rings (SSSR count). The minimum atomic E-state index is -0.234. The highest BCUT2D eigenvalue weighted by atomic mass is 19.1. The maximum Gasteiger partial charge on any atom is 0.131 e. The molecule has 0 fully saturated rings. The van der Waals surface area contributed by atoms with E-state index in [0.717, 1.165) is 11.4 Å². The zero-order valence-electron chi connectivity index (χ0n) is 10.4. The van der Waals surface area contributed by atoms with Gasteiger partial charge in [-0.2, -0.15) is 5.10 Å². The molecule has 96 valence electrons. The molecule has 0 saturated heterocycles. The molecular weight excluding hydrogens is 245 g/mol. The Morgan fingerprint density at radius 1 is 1.26 bits per heavy atom. The normalized spacial score (nSPS) is 10.8. The first-order valence-electron chi connectivity index (χ1n) is 5.92. The van der Waals surface area contributed by atoms with E-state index in [1.165, 1.54) is 12.3 Å². The molecule has 4 nitrogen and oxygen atoms in total. The van der Waals surface area contributed by atoms with Crippen LogP contribution in [0.5, 0.6) is 0 Å². The van der Waals surface area contributed by atoms with Crippen molar-refractivity contribution in [1.82, 2.24) is 14.9 Å². The van der Waals surface area contributed by atoms with E-state index in [0.29, 0.717) is 17.8 Å². The van der Waals surface area contributed by atoms with Gasteiger partial charge in [-0.1, -0.05) is 23.4 Å². The Balaban J connectivity index is 2.00. The Labute approximate surface area is 109 Å². The van der Waals surface area contributed by atoms with Gasteiger partial charge < -0.3 is 4.52 Å². The third-order valence-corrected chi connectivity index (χ3v) is 2.88. The summed E-state index contributed by atoms with van der Waals surface area (Å²) in [5.74, 6) is -0.234. The molecule has 0 radical (unpaired) electrons. The minimum Gasteiger partial charge on any atom is -0.364 e. The van der Waals surface area contributed by atoms with Crippen molar-refractivity contribution in [3.8, 4) is 11.4 Å². The van der Waals surface area contributed by atoms with Crippen LogP contribution in [0, 0.1) is 12.7 Å². The zero-order chi connectivity index (χ0) is 13.2. The number of benzene rings is 1. The van der Waals surface area contributed by atoms with Crippen LogP contribution in [-0.4, -0.2) is 14.9 Å². The van der Waals surface area contributed by atoms with E-state index in [-0.39, 0.29) is 5.82 Å². The van der Waals surface area contributed by atoms with Crippen LogP contribution >= 0.6 is 0 Å². The van der Waals surface area contributed by atoms with Gasteiger partial charge in [0.1, 0.15) is 17.8 Å². The average molecular weight is 257 g/mol. The molecule has 0 atom stereocenters. The molecule has 0 aliphatic rings. The molecule has 2 aromatic heterocycles. The summed E-state index contributed by atoms with van der Waals surface area (Å²) in [7, 11) is 0. The predicted octanol–water partition coefficient (Wildman–Crippen LogP) is 3.03. The van der Waals surface area contributed by atoms with Gasteiger partial charge in [0.05, 0.1) is 17.9 Å². The molecule has 19 heavy (non-hydrogen) atoms. The van der Waals surface area contributed by atoms with Gasteiger partial charge in [0.15, 0.2) is 0 Å². The first kappa shape index (κ1) is 11.6. The Morgan fingerprint density at radius 2 is 2.11 bits per heavy atom. The average Bonchev–Trinajstić information content (AvgIpc) is 3.01. The van der Waals surface area contributed by atoms with Crippen LogP contribution in [0.4, 0.5) is 4.39 Å². The second-order valence-corrected chi connectivity index (χ2v) is 4.30. The molecule has 3 aromatic rings. The lowest BCUT2D eigenvalue weighted by atomic mass is 10.2. The second kappa shape index (κ2) is 4.68. The lowest BCUT2D eigenvalue weighted by Crippen LogP contribution is -2.05. The largest absolute Gasteiger partial charge is 0.364 e. The van der Waals surface area contributed by atoms with Crippen molar-refractivity contribution >= 4 is 0 Å². The number of aromatic nitrogens is 3. The van der Waals surface area contributed by atoms with E-state index < -0.39 is 0 Å². The van der Waals surface area contributed by atoms with Crippen LogP contribution in [0.1, 0.15) is 11.3 Å². The quantitative estimate of drug-likeness (QED) is 0.724. The van der Waals surface area contributed by atoms with Crippen molar-refractivity contribution in [2.24, 2.45) is 0 Å². The van der Waals surface area contributed by atoms with Gasteiger partial charge in [-0.25, -0.2) is 4.39 Å². The molecular formula is C14H12FN3O. The second-order valence-electron chi connectivity index (χ2n) is 4.30. The fourth-order valence-corrected chi connectivity index (χ4v) is 2.00. The summed E-state index contributed by atoms with van der Waals surface area (Å²) in [6.45, 7) is 2.25. The summed E-state index contributed by atoms with van der Waals surface area (Å²) in [5, 5.41) is 8.27. The maximum atomic E-state index is 13.7. The Hall–Kier alpha value is -2.43. The van der Waals surface area contributed by atoms with Crippen molar-refractivity contribution in [2.45, 2.75) is 13.5 Å². The summed E-state index contributed by atoms with van der Waals surface area (Å²) in [6, 6.07) is 10.3. The van der Waals surface area contributed by atoms with Gasteiger partial charge in [-0.3, -0.25) is 4.68 Å². The third kappa shape index (κ3) is 2.27. The number of hydrogen-bond donors (Lipinski definition) is 0. The highest BCUT2D eigenvalue weighted by Gasteiger charge is 2.12. The van der Waals surface area contributed by atoms with E-state index in [2.05, 4.69) is 10.3 Å². The number of aryl methyl sites for hydroxylation is 1. The highest BCUT2D eigenvalue weighted by molar-refractivity contribution is 5.54. The monoisotopic (exact) mass is 257 g/mol. The van der Waals surface area contributed by atoms with Gasteiger partial charge in [0, 0.05) is 11.6 Å². The molecule has 0 unspecified atom stereocenters. The molecule has 0 aliphatic heterocycles. The summed E-state index contributed by atoms with van der Waals surface area (Å²) in [6.07, 6.45) is 1.51. The SMILES string of the molecule is Cc1cc(-c2ccon2)n(Cc2ccccc2F)n1. The van der Waals surface area contributed by atoms with Crippen LogP contribution < -0.4 is 0 Å². The minimum absolute atomic E-state index is 0.234. The van der Waals surface area contributed by atoms with Crippen molar-refractivity contribution < 1.29 is 8.91 Å². The summed E-state index contributed by atoms with van der Waals surface area (Å²) >= 11 is 0. The Bertz CT molecular complexity index is 689. The topological polar surface area (TPSA) is 43.9 Å². The lowest BCUT2D eigenvalue weighted by molar-refractivity contribution is 0.421. The standard InChI is InChI=1S/C14H12FN3O/c1-10-8-14(13-6-7-19-17-13)18(16-10)9-11-4-2-3-5-12(11)15/h2-8H,9H2,1H3. The Morgan fingerprint density at radius 3 is 2.84 bits per heavy atom. The number of rotatable bonds is 3. The third-order valence-electron chi connectivity index (χ3n) is 2.88. The van der Waals surface area contributed by atoms with Crippen LogP contribution in [0.3, 0.4) is 0 Å². The molecule has 0 aliphatic carbocycles. The van der Waals surface area contributed by atoms with Gasteiger partial charge in [0.2, 0.25) is 0 Å². The van der Waals surface area contributed by atoms with Crippen LogP contribution in [0.25, 0.3) is 11.4 Å². The van der Waals surface area contributed by atoms with Gasteiger partial charge >= 0.3 is 0 Å². The molecule has 1 aromatic carbocycles. The van der Waals surface area contributed by atoms with E-state index in [1.54, 1.807) is 22.9 Å². The first-order chi connectivity index (χ1) is 9.24. The number of halogens is 1. The number of nitrogens with zero attached hydrogens (tertiary/aromatic N) is 3. The molecule has 0 amide bonds. The predicted molar refractivity (Wildman–Crippen MR) is 68.0 cm³/mol. The number of hydrogen-bond acceptors (Lipinski definition) is 3. The molecule has 0 bridgehead atoms. The first-order valence-corrected chi connectivity index (χ1v) is 5.92. The fraction of sp³-hybridized carbons (Fsp3) is 0.143.